The summed E-state index contributed by atoms with van der Waals surface area (Å²) in [6, 6.07) is 17.7. The lowest BCUT2D eigenvalue weighted by molar-refractivity contribution is 0.264. The third-order valence-electron chi connectivity index (χ3n) is 4.10. The van der Waals surface area contributed by atoms with Gasteiger partial charge in [-0.25, -0.2) is 4.39 Å². The Labute approximate surface area is 178 Å². The molecule has 0 heterocycles. The van der Waals surface area contributed by atoms with Crippen molar-refractivity contribution in [2.75, 3.05) is 13.7 Å². The van der Waals surface area contributed by atoms with Gasteiger partial charge in [-0.3, -0.25) is 4.99 Å². The van der Waals surface area contributed by atoms with Crippen LogP contribution in [0.5, 0.6) is 17.2 Å². The van der Waals surface area contributed by atoms with Crippen LogP contribution in [-0.4, -0.2) is 19.9 Å². The minimum Gasteiger partial charge on any atom is -0.497 e. The van der Waals surface area contributed by atoms with Gasteiger partial charge in [-0.1, -0.05) is 18.2 Å². The third kappa shape index (κ3) is 5.57. The topological polar surface area (TPSA) is 40.0 Å². The summed E-state index contributed by atoms with van der Waals surface area (Å²) in [7, 11) is 1.63. The number of hydrogen-bond donors (Lipinski definition) is 0. The van der Waals surface area contributed by atoms with Gasteiger partial charge < -0.3 is 14.2 Å². The first kappa shape index (κ1) is 20.9. The maximum absolute atomic E-state index is 13.9. The van der Waals surface area contributed by atoms with Gasteiger partial charge in [0, 0.05) is 11.8 Å². The average molecular weight is 458 g/mol. The third-order valence-corrected chi connectivity index (χ3v) is 4.69. The molecule has 0 saturated carbocycles. The molecule has 0 saturated heterocycles. The Balaban J connectivity index is 1.81. The quantitative estimate of drug-likeness (QED) is 0.371. The predicted octanol–water partition coefficient (Wildman–Crippen LogP) is 6.33. The van der Waals surface area contributed by atoms with E-state index >= 15 is 0 Å². The van der Waals surface area contributed by atoms with Crippen molar-refractivity contribution in [3.8, 4) is 17.2 Å². The summed E-state index contributed by atoms with van der Waals surface area (Å²) in [5.74, 6) is 1.57. The average Bonchev–Trinajstić information content (AvgIpc) is 2.73. The molecule has 0 aromatic heterocycles. The predicted molar refractivity (Wildman–Crippen MR) is 116 cm³/mol. The van der Waals surface area contributed by atoms with Crippen molar-refractivity contribution in [2.24, 2.45) is 4.99 Å². The van der Waals surface area contributed by atoms with Gasteiger partial charge in [-0.2, -0.15) is 0 Å². The largest absolute Gasteiger partial charge is 0.497 e. The van der Waals surface area contributed by atoms with Crippen LogP contribution in [0, 0.1) is 5.82 Å². The number of hydrogen-bond acceptors (Lipinski definition) is 4. The molecule has 3 aromatic carbocycles. The molecule has 3 rings (SSSR count). The highest BCUT2D eigenvalue weighted by Gasteiger charge is 2.13. The molecule has 0 atom stereocenters. The zero-order chi connectivity index (χ0) is 20.6. The van der Waals surface area contributed by atoms with Gasteiger partial charge >= 0.3 is 0 Å². The molecule has 3 aromatic rings. The first-order valence-corrected chi connectivity index (χ1v) is 9.90. The molecule has 0 bridgehead atoms. The smallest absolute Gasteiger partial charge is 0.175 e. The summed E-state index contributed by atoms with van der Waals surface area (Å²) in [6.07, 6.45) is 1.75. The van der Waals surface area contributed by atoms with Crippen molar-refractivity contribution in [1.29, 1.82) is 0 Å². The molecule has 29 heavy (non-hydrogen) atoms. The number of aliphatic imine (C=N–C) groups is 1. The van der Waals surface area contributed by atoms with Gasteiger partial charge in [-0.05, 0) is 70.9 Å². The lowest BCUT2D eigenvalue weighted by atomic mass is 10.2. The molecule has 6 heteroatoms. The molecular formula is C23H21BrFNO3. The van der Waals surface area contributed by atoms with Crippen LogP contribution < -0.4 is 14.2 Å². The highest BCUT2D eigenvalue weighted by atomic mass is 79.9. The molecule has 0 radical (unpaired) electrons. The second kappa shape index (κ2) is 10.1. The maximum atomic E-state index is 13.9. The van der Waals surface area contributed by atoms with Crippen molar-refractivity contribution in [2.45, 2.75) is 13.5 Å². The maximum Gasteiger partial charge on any atom is 0.175 e. The van der Waals surface area contributed by atoms with E-state index in [0.29, 0.717) is 28.1 Å². The molecule has 0 spiro atoms. The molecular weight excluding hydrogens is 437 g/mol. The number of methoxy groups -OCH3 is 1. The summed E-state index contributed by atoms with van der Waals surface area (Å²) < 4.78 is 31.3. The number of benzene rings is 3. The van der Waals surface area contributed by atoms with Crippen molar-refractivity contribution in [1.82, 2.24) is 0 Å². The van der Waals surface area contributed by atoms with Crippen molar-refractivity contribution in [3.63, 3.8) is 0 Å². The fourth-order valence-corrected chi connectivity index (χ4v) is 3.22. The first-order chi connectivity index (χ1) is 14.1. The van der Waals surface area contributed by atoms with Gasteiger partial charge in [-0.15, -0.1) is 0 Å². The van der Waals surface area contributed by atoms with E-state index in [0.717, 1.165) is 17.0 Å². The van der Waals surface area contributed by atoms with Crippen molar-refractivity contribution < 1.29 is 18.6 Å². The fraction of sp³-hybridized carbons (Fsp3) is 0.174. The Morgan fingerprint density at radius 2 is 1.79 bits per heavy atom. The number of nitrogens with zero attached hydrogens (tertiary/aromatic N) is 1. The molecule has 0 unspecified atom stereocenters. The summed E-state index contributed by atoms with van der Waals surface area (Å²) in [5, 5.41) is 0. The molecule has 0 aliphatic rings. The normalized spacial score (nSPS) is 10.9. The number of ether oxygens (including phenoxy) is 3. The number of halogens is 2. The molecule has 0 N–H and O–H groups in total. The van der Waals surface area contributed by atoms with Crippen LogP contribution in [-0.2, 0) is 6.61 Å². The Hall–Kier alpha value is -2.86. The molecule has 0 aliphatic carbocycles. The van der Waals surface area contributed by atoms with E-state index in [4.69, 9.17) is 14.2 Å². The summed E-state index contributed by atoms with van der Waals surface area (Å²) in [4.78, 5) is 4.48. The van der Waals surface area contributed by atoms with E-state index in [-0.39, 0.29) is 12.4 Å². The van der Waals surface area contributed by atoms with Crippen molar-refractivity contribution in [3.05, 3.63) is 82.1 Å². The lowest BCUT2D eigenvalue weighted by Gasteiger charge is -2.15. The van der Waals surface area contributed by atoms with Gasteiger partial charge in [0.2, 0.25) is 0 Å². The van der Waals surface area contributed by atoms with Crippen LogP contribution in [0.3, 0.4) is 0 Å². The Morgan fingerprint density at radius 3 is 2.48 bits per heavy atom. The molecule has 0 fully saturated rings. The van der Waals surface area contributed by atoms with Gasteiger partial charge in [0.1, 0.15) is 18.2 Å². The van der Waals surface area contributed by atoms with E-state index in [1.165, 1.54) is 6.07 Å². The van der Waals surface area contributed by atoms with E-state index in [2.05, 4.69) is 20.9 Å². The highest BCUT2D eigenvalue weighted by molar-refractivity contribution is 9.10. The SMILES string of the molecule is CCOc1cc(C=Nc2ccc(OC)cc2)cc(Br)c1OCc1ccccc1F. The Bertz CT molecular complexity index is 990. The molecule has 0 aliphatic heterocycles. The van der Waals surface area contributed by atoms with Crippen molar-refractivity contribution >= 4 is 27.8 Å². The monoisotopic (exact) mass is 457 g/mol. The molecule has 0 amide bonds. The zero-order valence-electron chi connectivity index (χ0n) is 16.2. The minimum atomic E-state index is -0.301. The Kier molecular flexibility index (Phi) is 7.25. The van der Waals surface area contributed by atoms with E-state index < -0.39 is 0 Å². The summed E-state index contributed by atoms with van der Waals surface area (Å²) in [5.41, 5.74) is 2.13. The van der Waals surface area contributed by atoms with E-state index in [1.54, 1.807) is 31.5 Å². The molecule has 150 valence electrons. The van der Waals surface area contributed by atoms with E-state index in [1.807, 2.05) is 43.3 Å². The van der Waals surface area contributed by atoms with Crippen LogP contribution in [0.15, 0.2) is 70.1 Å². The second-order valence-corrected chi connectivity index (χ2v) is 6.95. The first-order valence-electron chi connectivity index (χ1n) is 9.11. The van der Waals surface area contributed by atoms with Crippen LogP contribution in [0.25, 0.3) is 0 Å². The van der Waals surface area contributed by atoms with E-state index in [9.17, 15) is 4.39 Å². The summed E-state index contributed by atoms with van der Waals surface area (Å²) >= 11 is 3.53. The van der Waals surface area contributed by atoms with Crippen LogP contribution in [0.2, 0.25) is 0 Å². The fourth-order valence-electron chi connectivity index (χ4n) is 2.65. The van der Waals surface area contributed by atoms with Crippen LogP contribution in [0.4, 0.5) is 10.1 Å². The standard InChI is InChI=1S/C23H21BrFNO3/c1-3-28-22-13-16(14-26-18-8-10-19(27-2)11-9-18)12-20(24)23(22)29-15-17-6-4-5-7-21(17)25/h4-14H,3,15H2,1-2H3. The zero-order valence-corrected chi connectivity index (χ0v) is 17.8. The highest BCUT2D eigenvalue weighted by Crippen LogP contribution is 2.37. The minimum absolute atomic E-state index is 0.102. The van der Waals surface area contributed by atoms with Gasteiger partial charge in [0.15, 0.2) is 11.5 Å². The van der Waals surface area contributed by atoms with Crippen LogP contribution in [0.1, 0.15) is 18.1 Å². The summed E-state index contributed by atoms with van der Waals surface area (Å²) in [6.45, 7) is 2.47. The molecule has 4 nitrogen and oxygen atoms in total. The second-order valence-electron chi connectivity index (χ2n) is 6.10. The Morgan fingerprint density at radius 1 is 1.03 bits per heavy atom. The van der Waals surface area contributed by atoms with Gasteiger partial charge in [0.05, 0.1) is 23.9 Å². The van der Waals surface area contributed by atoms with Crippen LogP contribution >= 0.6 is 15.9 Å². The van der Waals surface area contributed by atoms with Gasteiger partial charge in [0.25, 0.3) is 0 Å². The number of rotatable bonds is 8. The lowest BCUT2D eigenvalue weighted by Crippen LogP contribution is -2.02.